The zero-order valence-corrected chi connectivity index (χ0v) is 14.4. The van der Waals surface area contributed by atoms with Gasteiger partial charge >= 0.3 is 6.18 Å². The zero-order chi connectivity index (χ0) is 18.2. The molecule has 1 aromatic carbocycles. The van der Waals surface area contributed by atoms with Crippen LogP contribution in [0.15, 0.2) is 30.3 Å². The number of aromatic nitrogens is 3. The number of anilines is 1. The van der Waals surface area contributed by atoms with Gasteiger partial charge in [0.2, 0.25) is 0 Å². The quantitative estimate of drug-likeness (QED) is 0.688. The van der Waals surface area contributed by atoms with Gasteiger partial charge in [-0.2, -0.15) is 22.8 Å². The van der Waals surface area contributed by atoms with Crippen LogP contribution in [0.3, 0.4) is 0 Å². The summed E-state index contributed by atoms with van der Waals surface area (Å²) in [7, 11) is 0. The molecule has 2 heterocycles. The summed E-state index contributed by atoms with van der Waals surface area (Å²) in [5.41, 5.74) is -0.141. The Morgan fingerprint density at radius 1 is 1.24 bits per heavy atom. The maximum absolute atomic E-state index is 13.6. The van der Waals surface area contributed by atoms with Crippen molar-refractivity contribution in [3.05, 3.63) is 46.7 Å². The molecule has 0 radical (unpaired) electrons. The molecular weight excluding hydrogens is 353 g/mol. The first-order valence-electron chi connectivity index (χ1n) is 7.79. The molecule has 0 saturated heterocycles. The summed E-state index contributed by atoms with van der Waals surface area (Å²) < 4.78 is 42.1. The Bertz CT molecular complexity index is 918. The molecule has 1 N–H and O–H groups in total. The summed E-state index contributed by atoms with van der Waals surface area (Å²) in [5.74, 6) is 0.466. The molecule has 0 fully saturated rings. The van der Waals surface area contributed by atoms with Gasteiger partial charge in [-0.25, -0.2) is 4.98 Å². The van der Waals surface area contributed by atoms with E-state index in [1.54, 1.807) is 31.2 Å². The second-order valence-corrected chi connectivity index (χ2v) is 6.05. The normalized spacial score (nSPS) is 11.9. The third-order valence-corrected chi connectivity index (χ3v) is 4.01. The van der Waals surface area contributed by atoms with Crippen LogP contribution in [0.4, 0.5) is 19.0 Å². The average Bonchev–Trinajstić information content (AvgIpc) is 2.92. The van der Waals surface area contributed by atoms with Crippen molar-refractivity contribution in [1.82, 2.24) is 14.6 Å². The van der Waals surface area contributed by atoms with Gasteiger partial charge in [0.1, 0.15) is 5.82 Å². The predicted octanol–water partition coefficient (Wildman–Crippen LogP) is 5.20. The molecule has 0 saturated carbocycles. The molecule has 3 aromatic rings. The van der Waals surface area contributed by atoms with E-state index >= 15 is 0 Å². The lowest BCUT2D eigenvalue weighted by molar-refractivity contribution is -0.140. The first kappa shape index (κ1) is 17.5. The molecule has 4 nitrogen and oxygen atoms in total. The number of fused-ring (bicyclic) bond motifs is 1. The Labute approximate surface area is 147 Å². The van der Waals surface area contributed by atoms with Crippen LogP contribution in [-0.4, -0.2) is 21.1 Å². The predicted molar refractivity (Wildman–Crippen MR) is 92.0 cm³/mol. The number of benzene rings is 1. The maximum Gasteiger partial charge on any atom is 0.435 e. The van der Waals surface area contributed by atoms with Gasteiger partial charge in [-0.1, -0.05) is 36.7 Å². The molecule has 0 aliphatic heterocycles. The van der Waals surface area contributed by atoms with Crippen molar-refractivity contribution in [3.8, 4) is 11.1 Å². The first-order chi connectivity index (χ1) is 11.8. The monoisotopic (exact) mass is 368 g/mol. The average molecular weight is 369 g/mol. The van der Waals surface area contributed by atoms with E-state index in [-0.39, 0.29) is 21.8 Å². The van der Waals surface area contributed by atoms with Crippen LogP contribution < -0.4 is 5.32 Å². The largest absolute Gasteiger partial charge is 0.435 e. The van der Waals surface area contributed by atoms with Gasteiger partial charge < -0.3 is 5.32 Å². The lowest BCUT2D eigenvalue weighted by Gasteiger charge is -2.09. The smallest absolute Gasteiger partial charge is 0.370 e. The molecule has 0 spiro atoms. The summed E-state index contributed by atoms with van der Waals surface area (Å²) in [5, 5.41) is 7.12. The van der Waals surface area contributed by atoms with Crippen molar-refractivity contribution >= 4 is 23.1 Å². The highest BCUT2D eigenvalue weighted by Crippen LogP contribution is 2.41. The van der Waals surface area contributed by atoms with Gasteiger partial charge in [-0.3, -0.25) is 0 Å². The molecule has 0 bridgehead atoms. The molecule has 25 heavy (non-hydrogen) atoms. The number of nitrogens with zero attached hydrogens (tertiary/aromatic N) is 3. The number of halogens is 4. The molecule has 0 aliphatic carbocycles. The van der Waals surface area contributed by atoms with E-state index in [2.05, 4.69) is 15.4 Å². The number of hydrogen-bond acceptors (Lipinski definition) is 3. The minimum atomic E-state index is -4.63. The molecule has 2 aromatic heterocycles. The standard InChI is InChI=1S/C17H16ClF3N4/c1-3-8-22-13-9-10(2)23-16-14(11-6-4-5-7-12(11)18)15(17(19,20)21)24-25(13)16/h4-7,9,22H,3,8H2,1-2H3. The fraction of sp³-hybridized carbons (Fsp3) is 0.294. The minimum absolute atomic E-state index is 0.110. The Morgan fingerprint density at radius 3 is 2.60 bits per heavy atom. The van der Waals surface area contributed by atoms with E-state index < -0.39 is 11.9 Å². The van der Waals surface area contributed by atoms with Crippen LogP contribution in [0, 0.1) is 6.92 Å². The highest BCUT2D eigenvalue weighted by molar-refractivity contribution is 6.33. The lowest BCUT2D eigenvalue weighted by Crippen LogP contribution is -2.09. The molecule has 0 aliphatic rings. The second kappa shape index (κ2) is 6.55. The van der Waals surface area contributed by atoms with E-state index in [1.165, 1.54) is 10.6 Å². The van der Waals surface area contributed by atoms with Crippen molar-refractivity contribution < 1.29 is 13.2 Å². The Balaban J connectivity index is 2.37. The van der Waals surface area contributed by atoms with Gasteiger partial charge in [-0.15, -0.1) is 0 Å². The molecule has 3 rings (SSSR count). The topological polar surface area (TPSA) is 42.2 Å². The summed E-state index contributed by atoms with van der Waals surface area (Å²) >= 11 is 6.15. The van der Waals surface area contributed by atoms with Crippen molar-refractivity contribution in [1.29, 1.82) is 0 Å². The van der Waals surface area contributed by atoms with Gasteiger partial charge in [0.15, 0.2) is 11.3 Å². The van der Waals surface area contributed by atoms with Crippen LogP contribution in [0.25, 0.3) is 16.8 Å². The number of rotatable bonds is 4. The molecule has 8 heteroatoms. The number of alkyl halides is 3. The number of nitrogens with one attached hydrogen (secondary N) is 1. The van der Waals surface area contributed by atoms with Gasteiger partial charge in [-0.05, 0) is 19.4 Å². The molecular formula is C17H16ClF3N4. The first-order valence-corrected chi connectivity index (χ1v) is 8.17. The molecule has 0 atom stereocenters. The summed E-state index contributed by atoms with van der Waals surface area (Å²) in [4.78, 5) is 4.30. The van der Waals surface area contributed by atoms with Gasteiger partial charge in [0, 0.05) is 28.9 Å². The second-order valence-electron chi connectivity index (χ2n) is 5.65. The SMILES string of the molecule is CCCNc1cc(C)nc2c(-c3ccccc3Cl)c(C(F)(F)F)nn12. The van der Waals surface area contributed by atoms with Crippen LogP contribution in [0.1, 0.15) is 24.7 Å². The Kier molecular flexibility index (Phi) is 4.60. The van der Waals surface area contributed by atoms with Crippen LogP contribution in [0.2, 0.25) is 5.02 Å². The molecule has 0 amide bonds. The molecule has 132 valence electrons. The lowest BCUT2D eigenvalue weighted by atomic mass is 10.1. The summed E-state index contributed by atoms with van der Waals surface area (Å²) in [6.07, 6.45) is -3.80. The van der Waals surface area contributed by atoms with Crippen molar-refractivity contribution in [3.63, 3.8) is 0 Å². The van der Waals surface area contributed by atoms with Crippen LogP contribution in [0.5, 0.6) is 0 Å². The van der Waals surface area contributed by atoms with E-state index in [4.69, 9.17) is 11.6 Å². The number of hydrogen-bond donors (Lipinski definition) is 1. The van der Waals surface area contributed by atoms with E-state index in [0.29, 0.717) is 18.1 Å². The maximum atomic E-state index is 13.6. The molecule has 0 unspecified atom stereocenters. The Hall–Kier alpha value is -2.28. The third kappa shape index (κ3) is 3.28. The van der Waals surface area contributed by atoms with Crippen LogP contribution in [-0.2, 0) is 6.18 Å². The zero-order valence-electron chi connectivity index (χ0n) is 13.7. The fourth-order valence-corrected chi connectivity index (χ4v) is 2.86. The summed E-state index contributed by atoms with van der Waals surface area (Å²) in [6, 6.07) is 8.06. The van der Waals surface area contributed by atoms with Crippen molar-refractivity contribution in [2.45, 2.75) is 26.4 Å². The highest BCUT2D eigenvalue weighted by Gasteiger charge is 2.39. The third-order valence-electron chi connectivity index (χ3n) is 3.68. The number of aryl methyl sites for hydroxylation is 1. The van der Waals surface area contributed by atoms with Crippen LogP contribution >= 0.6 is 11.6 Å². The van der Waals surface area contributed by atoms with E-state index in [9.17, 15) is 13.2 Å². The van der Waals surface area contributed by atoms with E-state index in [0.717, 1.165) is 6.42 Å². The van der Waals surface area contributed by atoms with Crippen molar-refractivity contribution in [2.24, 2.45) is 0 Å². The minimum Gasteiger partial charge on any atom is -0.370 e. The van der Waals surface area contributed by atoms with E-state index in [1.807, 2.05) is 6.92 Å². The fourth-order valence-electron chi connectivity index (χ4n) is 2.63. The van der Waals surface area contributed by atoms with Gasteiger partial charge in [0.25, 0.3) is 0 Å². The Morgan fingerprint density at radius 2 is 1.96 bits per heavy atom. The van der Waals surface area contributed by atoms with Crippen molar-refractivity contribution in [2.75, 3.05) is 11.9 Å². The van der Waals surface area contributed by atoms with Gasteiger partial charge in [0.05, 0.1) is 5.56 Å². The highest BCUT2D eigenvalue weighted by atomic mass is 35.5. The summed E-state index contributed by atoms with van der Waals surface area (Å²) in [6.45, 7) is 4.31.